The van der Waals surface area contributed by atoms with Crippen LogP contribution in [-0.4, -0.2) is 48.2 Å². The molecule has 0 unspecified atom stereocenters. The Morgan fingerprint density at radius 3 is 1.39 bits per heavy atom. The molecule has 0 spiro atoms. The fourth-order valence-corrected chi connectivity index (χ4v) is 8.11. The molecule has 2 aromatic heterocycles. The van der Waals surface area contributed by atoms with Gasteiger partial charge in [0, 0.05) is 50.6 Å². The number of ketones is 2. The number of aryl methyl sites for hydroxylation is 6. The zero-order valence-corrected chi connectivity index (χ0v) is 43.6. The van der Waals surface area contributed by atoms with Crippen LogP contribution in [0.4, 0.5) is 11.4 Å². The Morgan fingerprint density at radius 1 is 0.529 bits per heavy atom. The largest absolute Gasteiger partial charge is 0.482 e. The number of rotatable bonds is 12. The Kier molecular flexibility index (Phi) is 22.3. The fourth-order valence-electron chi connectivity index (χ4n) is 8.11. The molecule has 70 heavy (non-hydrogen) atoms. The van der Waals surface area contributed by atoms with Crippen molar-refractivity contribution in [3.8, 4) is 56.4 Å². The number of Topliss-reactive ketones (excluding diaryl/α,β-unsaturated/α-hetero) is 2. The second kappa shape index (κ2) is 27.0. The van der Waals surface area contributed by atoms with E-state index in [-0.39, 0.29) is 69.7 Å². The van der Waals surface area contributed by atoms with Crippen molar-refractivity contribution >= 4 is 60.2 Å². The molecule has 0 atom stereocenters. The molecule has 12 heteroatoms. The summed E-state index contributed by atoms with van der Waals surface area (Å²) in [5, 5.41) is 0. The van der Waals surface area contributed by atoms with Crippen molar-refractivity contribution in [1.29, 1.82) is 0 Å². The summed E-state index contributed by atoms with van der Waals surface area (Å²) in [6.07, 6.45) is 4.31. The quantitative estimate of drug-likeness (QED) is 0.0523. The molecule has 0 amide bonds. The zero-order chi connectivity index (χ0) is 46.7. The van der Waals surface area contributed by atoms with Gasteiger partial charge in [-0.05, 0) is 92.1 Å². The van der Waals surface area contributed by atoms with E-state index < -0.39 is 0 Å². The third-order valence-electron chi connectivity index (χ3n) is 10.9. The zero-order valence-electron chi connectivity index (χ0n) is 39.9. The standard InChI is InChI=1S/C29H24N2O2.C29H26N2O2.2ClH.Co.Ni/c1-19-15-20(2)28(21(3)16-19)30-18-25(32)24-17-31-29(33-4)27(23-13-9-6-10-14-23)26(24)22-11-7-5-8-12-22;1-19-15-20(2)28(21(3)16-19)30-18-26(32)24-17-25(22-11-7-5-8-12-22)31-29(33-4)27(24)23-13-9-6-10-14-23;;;;/h5-10,13-18H,1-4H3;5-18H,1-4H3;2*1H;;/q-2;;;;;. The van der Waals surface area contributed by atoms with Crippen LogP contribution in [0.25, 0.3) is 44.6 Å². The number of pyridine rings is 2. The average molecular weight is 1060 g/mol. The summed E-state index contributed by atoms with van der Waals surface area (Å²) in [6, 6.07) is 51.2. The van der Waals surface area contributed by atoms with Gasteiger partial charge in [0.25, 0.3) is 0 Å². The van der Waals surface area contributed by atoms with Gasteiger partial charge < -0.3 is 9.47 Å². The molecule has 0 N–H and O–H groups in total. The molecule has 0 saturated heterocycles. The number of benzene rings is 6. The maximum atomic E-state index is 13.5. The second-order valence-corrected chi connectivity index (χ2v) is 15.9. The predicted octanol–water partition coefficient (Wildman–Crippen LogP) is 14.3. The Hall–Kier alpha value is -6.52. The van der Waals surface area contributed by atoms with Crippen LogP contribution in [0.1, 0.15) is 54.1 Å². The number of aromatic nitrogens is 2. The molecule has 8 nitrogen and oxygen atoms in total. The van der Waals surface area contributed by atoms with Crippen molar-refractivity contribution < 1.29 is 52.3 Å². The number of nitrogens with zero attached hydrogens (tertiary/aromatic N) is 4. The van der Waals surface area contributed by atoms with E-state index in [1.54, 1.807) is 32.5 Å². The number of halogens is 2. The summed E-state index contributed by atoms with van der Waals surface area (Å²) in [5.41, 5.74) is 15.1. The number of hydrogen-bond acceptors (Lipinski definition) is 8. The molecule has 1 radical (unpaired) electrons. The minimum atomic E-state index is -0.248. The Bertz CT molecular complexity index is 3060. The van der Waals surface area contributed by atoms with Gasteiger partial charge in [-0.1, -0.05) is 126 Å². The SMILES string of the molecule is COc1nc(-c2ccccc2)cc(C(=O)C=Nc2c(C)cc(C)cc2C)c1-c1ccccc1.COc1ncc(C(=O)C=Nc2c(C)cc(C)cc2C)c(-c2[c-]ccc[c-]2)c1-c1ccccc1.Cl.Cl.[Co].[Ni]. The molecule has 363 valence electrons. The molecule has 6 aromatic carbocycles. The molecule has 0 fully saturated rings. The smallest absolute Gasteiger partial charge is 0.222 e. The van der Waals surface area contributed by atoms with E-state index in [2.05, 4.69) is 58.3 Å². The van der Waals surface area contributed by atoms with E-state index in [0.29, 0.717) is 45.3 Å². The van der Waals surface area contributed by atoms with Crippen molar-refractivity contribution in [2.75, 3.05) is 14.2 Å². The van der Waals surface area contributed by atoms with E-state index >= 15 is 0 Å². The number of ether oxygens (including phenoxy) is 2. The van der Waals surface area contributed by atoms with Crippen LogP contribution in [0.3, 0.4) is 0 Å². The number of methoxy groups -OCH3 is 2. The van der Waals surface area contributed by atoms with Crippen LogP contribution in [0, 0.1) is 53.7 Å². The average Bonchev–Trinajstić information content (AvgIpc) is 3.33. The first kappa shape index (κ1) is 57.8. The van der Waals surface area contributed by atoms with Gasteiger partial charge in [-0.2, -0.15) is 5.56 Å². The van der Waals surface area contributed by atoms with E-state index in [1.807, 2.05) is 138 Å². The number of carbonyl (C=O) groups is 2. The summed E-state index contributed by atoms with van der Waals surface area (Å²) < 4.78 is 11.2. The fraction of sp³-hybridized carbons (Fsp3) is 0.138. The van der Waals surface area contributed by atoms with Crippen LogP contribution in [0.2, 0.25) is 0 Å². The first-order valence-corrected chi connectivity index (χ1v) is 21.5. The first-order valence-electron chi connectivity index (χ1n) is 21.5. The molecule has 0 bridgehead atoms. The van der Waals surface area contributed by atoms with Gasteiger partial charge in [0.15, 0.2) is 5.78 Å². The summed E-state index contributed by atoms with van der Waals surface area (Å²) in [6.45, 7) is 12.1. The van der Waals surface area contributed by atoms with E-state index in [0.717, 1.165) is 55.9 Å². The van der Waals surface area contributed by atoms with Crippen molar-refractivity contribution in [2.45, 2.75) is 41.5 Å². The molecule has 0 aliphatic heterocycles. The van der Waals surface area contributed by atoms with E-state index in [9.17, 15) is 9.59 Å². The summed E-state index contributed by atoms with van der Waals surface area (Å²) >= 11 is 0. The van der Waals surface area contributed by atoms with Crippen molar-refractivity contribution in [2.24, 2.45) is 9.98 Å². The van der Waals surface area contributed by atoms with E-state index in [4.69, 9.17) is 14.5 Å². The Balaban J connectivity index is 0.000000350. The minimum absolute atomic E-state index is 0. The van der Waals surface area contributed by atoms with Crippen LogP contribution in [0.15, 0.2) is 156 Å². The van der Waals surface area contributed by atoms with Crippen LogP contribution >= 0.6 is 24.8 Å². The normalized spacial score (nSPS) is 10.4. The maximum Gasteiger partial charge on any atom is 0.222 e. The monoisotopic (exact) mass is 1060 g/mol. The molecule has 0 saturated carbocycles. The Morgan fingerprint density at radius 2 is 0.943 bits per heavy atom. The number of carbonyl (C=O) groups excluding carboxylic acids is 2. The van der Waals surface area contributed by atoms with Crippen LogP contribution < -0.4 is 9.47 Å². The predicted molar refractivity (Wildman–Crippen MR) is 282 cm³/mol. The second-order valence-electron chi connectivity index (χ2n) is 15.9. The van der Waals surface area contributed by atoms with Gasteiger partial charge in [-0.15, -0.1) is 24.8 Å². The molecule has 8 aromatic rings. The summed E-state index contributed by atoms with van der Waals surface area (Å²) in [4.78, 5) is 45.2. The first-order chi connectivity index (χ1) is 32.0. The van der Waals surface area contributed by atoms with Crippen molar-refractivity contribution in [3.63, 3.8) is 0 Å². The summed E-state index contributed by atoms with van der Waals surface area (Å²) in [5.74, 6) is 0.385. The Labute approximate surface area is 444 Å². The third-order valence-corrected chi connectivity index (χ3v) is 10.9. The molecule has 0 aliphatic carbocycles. The van der Waals surface area contributed by atoms with Crippen molar-refractivity contribution in [1.82, 2.24) is 9.97 Å². The number of hydrogen-bond donors (Lipinski definition) is 0. The topological polar surface area (TPSA) is 103 Å². The molecular formula is C58H52Cl2CoN4NiO4-2. The maximum absolute atomic E-state index is 13.5. The molecule has 8 rings (SSSR count). The van der Waals surface area contributed by atoms with Gasteiger partial charge >= 0.3 is 0 Å². The van der Waals surface area contributed by atoms with Gasteiger partial charge in [0.1, 0.15) is 0 Å². The molecular weight excluding hydrogens is 1010 g/mol. The summed E-state index contributed by atoms with van der Waals surface area (Å²) in [7, 11) is 3.15. The third kappa shape index (κ3) is 13.6. The molecule has 2 heterocycles. The minimum Gasteiger partial charge on any atom is -0.482 e. The van der Waals surface area contributed by atoms with Crippen LogP contribution in [-0.2, 0) is 33.3 Å². The van der Waals surface area contributed by atoms with Gasteiger partial charge in [0.05, 0.1) is 49.3 Å². The van der Waals surface area contributed by atoms with E-state index in [1.165, 1.54) is 23.6 Å². The van der Waals surface area contributed by atoms with Gasteiger partial charge in [-0.3, -0.25) is 37.3 Å². The number of aliphatic imine (C=N–C) groups is 2. The van der Waals surface area contributed by atoms with Crippen molar-refractivity contribution in [3.05, 3.63) is 202 Å². The molecule has 0 aliphatic rings. The van der Waals surface area contributed by atoms with Gasteiger partial charge in [-0.25, -0.2) is 28.2 Å². The van der Waals surface area contributed by atoms with Gasteiger partial charge in [0.2, 0.25) is 17.5 Å². The van der Waals surface area contributed by atoms with Crippen LogP contribution in [0.5, 0.6) is 11.8 Å².